The summed E-state index contributed by atoms with van der Waals surface area (Å²) in [6.07, 6.45) is 10.4. The molecule has 1 aromatic rings. The zero-order valence-electron chi connectivity index (χ0n) is 20.5. The monoisotopic (exact) mass is 514 g/mol. The zero-order chi connectivity index (χ0) is 26.2. The van der Waals surface area contributed by atoms with E-state index in [1.807, 2.05) is 6.08 Å². The maximum atomic E-state index is 12.5. The summed E-state index contributed by atoms with van der Waals surface area (Å²) in [6, 6.07) is 1.52. The first-order valence-electron chi connectivity index (χ1n) is 12.0. The Bertz CT molecular complexity index is 1090. The van der Waals surface area contributed by atoms with E-state index in [1.54, 1.807) is 44.2 Å². The number of aromatic hydroxyl groups is 1. The highest BCUT2D eigenvalue weighted by atomic mass is 32.2. The number of hydrogen-bond donors (Lipinski definition) is 6. The minimum Gasteiger partial charge on any atom is -0.505 e. The van der Waals surface area contributed by atoms with Crippen molar-refractivity contribution >= 4 is 35.0 Å². The molecule has 9 heteroatoms. The third-order valence-electron chi connectivity index (χ3n) is 6.25. The molecule has 0 aliphatic carbocycles. The summed E-state index contributed by atoms with van der Waals surface area (Å²) in [5.74, 6) is -0.918. The van der Waals surface area contributed by atoms with Gasteiger partial charge in [-0.3, -0.25) is 9.59 Å². The lowest BCUT2D eigenvalue weighted by Gasteiger charge is -2.24. The summed E-state index contributed by atoms with van der Waals surface area (Å²) in [4.78, 5) is 25.2. The van der Waals surface area contributed by atoms with Gasteiger partial charge < -0.3 is 31.1 Å². The smallest absolute Gasteiger partial charge is 0.234 e. The summed E-state index contributed by atoms with van der Waals surface area (Å²) < 4.78 is 0. The highest BCUT2D eigenvalue weighted by Crippen LogP contribution is 2.44. The van der Waals surface area contributed by atoms with Crippen LogP contribution in [0.1, 0.15) is 38.7 Å². The zero-order valence-corrected chi connectivity index (χ0v) is 21.3. The first-order valence-corrected chi connectivity index (χ1v) is 13.0. The van der Waals surface area contributed by atoms with Gasteiger partial charge in [0.1, 0.15) is 5.75 Å². The van der Waals surface area contributed by atoms with Crippen molar-refractivity contribution in [2.45, 2.75) is 62.7 Å². The second-order valence-corrected chi connectivity index (χ2v) is 10.1. The molecule has 6 N–H and O–H groups in total. The molecule has 0 radical (unpaired) electrons. The number of amides is 2. The SMILES string of the molecule is C/C1=C/CCc2c(O)c(cc3c2SCC(=O)N3)NC(=O)C[C@@H](O)/C=C/C=C/C=C/C[C@H](O)[C@H](C)[C@H]1O. The number of phenolic OH excluding ortho intramolecular Hbond substituents is 1. The number of anilines is 2. The van der Waals surface area contributed by atoms with Crippen LogP contribution in [0.15, 0.2) is 59.1 Å². The van der Waals surface area contributed by atoms with Gasteiger partial charge in [0.05, 0.1) is 41.9 Å². The van der Waals surface area contributed by atoms with Crippen LogP contribution >= 0.6 is 11.8 Å². The van der Waals surface area contributed by atoms with Gasteiger partial charge in [-0.2, -0.15) is 0 Å². The van der Waals surface area contributed by atoms with E-state index in [0.717, 1.165) is 4.90 Å². The Morgan fingerprint density at radius 1 is 1.00 bits per heavy atom. The summed E-state index contributed by atoms with van der Waals surface area (Å²) in [7, 11) is 0. The Morgan fingerprint density at radius 3 is 2.50 bits per heavy atom. The van der Waals surface area contributed by atoms with E-state index < -0.39 is 24.2 Å². The van der Waals surface area contributed by atoms with Crippen molar-refractivity contribution < 1.29 is 30.0 Å². The van der Waals surface area contributed by atoms with Gasteiger partial charge in [-0.05, 0) is 37.8 Å². The molecular formula is C27H34N2O6S. The Hall–Kier alpha value is -2.85. The van der Waals surface area contributed by atoms with Crippen molar-refractivity contribution in [2.75, 3.05) is 16.4 Å². The van der Waals surface area contributed by atoms with Crippen molar-refractivity contribution in [3.05, 3.63) is 59.7 Å². The Morgan fingerprint density at radius 2 is 1.72 bits per heavy atom. The number of nitrogens with one attached hydrogen (secondary N) is 2. The second kappa shape index (κ2) is 12.9. The van der Waals surface area contributed by atoms with Gasteiger partial charge in [0, 0.05) is 16.4 Å². The van der Waals surface area contributed by atoms with Crippen LogP contribution in [0.3, 0.4) is 0 Å². The summed E-state index contributed by atoms with van der Waals surface area (Å²) >= 11 is 1.32. The molecule has 0 unspecified atom stereocenters. The topological polar surface area (TPSA) is 139 Å². The molecule has 0 spiro atoms. The Labute approximate surface area is 215 Å². The van der Waals surface area contributed by atoms with Crippen LogP contribution in [0.5, 0.6) is 5.75 Å². The molecule has 8 nitrogen and oxygen atoms in total. The van der Waals surface area contributed by atoms with Gasteiger partial charge in [-0.25, -0.2) is 0 Å². The van der Waals surface area contributed by atoms with E-state index in [-0.39, 0.29) is 35.4 Å². The maximum absolute atomic E-state index is 12.5. The fourth-order valence-corrected chi connectivity index (χ4v) is 5.09. The Kier molecular flexibility index (Phi) is 9.95. The van der Waals surface area contributed by atoms with E-state index in [2.05, 4.69) is 10.6 Å². The number of rotatable bonds is 0. The molecule has 194 valence electrons. The molecule has 3 rings (SSSR count). The van der Waals surface area contributed by atoms with Crippen LogP contribution in [0, 0.1) is 5.92 Å². The highest BCUT2D eigenvalue weighted by Gasteiger charge is 2.25. The fraction of sp³-hybridized carbons (Fsp3) is 0.407. The first kappa shape index (κ1) is 27.7. The predicted octanol–water partition coefficient (Wildman–Crippen LogP) is 3.44. The van der Waals surface area contributed by atoms with Crippen molar-refractivity contribution in [2.24, 2.45) is 5.92 Å². The van der Waals surface area contributed by atoms with Crippen LogP contribution in [0.25, 0.3) is 0 Å². The third-order valence-corrected chi connectivity index (χ3v) is 7.41. The Balaban J connectivity index is 1.94. The van der Waals surface area contributed by atoms with Gasteiger partial charge in [-0.1, -0.05) is 49.5 Å². The van der Waals surface area contributed by atoms with Crippen LogP contribution in [-0.2, 0) is 16.0 Å². The summed E-state index contributed by atoms with van der Waals surface area (Å²) in [6.45, 7) is 3.60. The quantitative estimate of drug-likeness (QED) is 0.177. The number of carbonyl (C=O) groups is 2. The molecule has 2 aliphatic rings. The van der Waals surface area contributed by atoms with Crippen LogP contribution in [-0.4, -0.2) is 56.3 Å². The number of allylic oxidation sites excluding steroid dienone is 5. The van der Waals surface area contributed by atoms with E-state index in [0.29, 0.717) is 36.1 Å². The lowest BCUT2D eigenvalue weighted by molar-refractivity contribution is -0.117. The van der Waals surface area contributed by atoms with Crippen molar-refractivity contribution in [1.82, 2.24) is 0 Å². The molecule has 36 heavy (non-hydrogen) atoms. The molecule has 2 amide bonds. The first-order chi connectivity index (χ1) is 17.2. The molecule has 2 heterocycles. The number of fused-ring (bicyclic) bond motifs is 4. The number of aliphatic hydroxyl groups excluding tert-OH is 3. The number of thioether (sulfide) groups is 1. The van der Waals surface area contributed by atoms with Gasteiger partial charge in [-0.15, -0.1) is 11.8 Å². The van der Waals surface area contributed by atoms with Crippen LogP contribution in [0.2, 0.25) is 0 Å². The van der Waals surface area contributed by atoms with Gasteiger partial charge in [0.2, 0.25) is 11.8 Å². The van der Waals surface area contributed by atoms with Gasteiger partial charge >= 0.3 is 0 Å². The number of carbonyl (C=O) groups excluding carboxylic acids is 2. The maximum Gasteiger partial charge on any atom is 0.234 e. The highest BCUT2D eigenvalue weighted by molar-refractivity contribution is 8.00. The molecule has 0 fully saturated rings. The average molecular weight is 515 g/mol. The molecule has 0 aromatic heterocycles. The lowest BCUT2D eigenvalue weighted by atomic mass is 9.90. The minimum atomic E-state index is -1.03. The molecule has 4 atom stereocenters. The van der Waals surface area contributed by atoms with E-state index >= 15 is 0 Å². The lowest BCUT2D eigenvalue weighted by Crippen LogP contribution is -2.30. The number of phenols is 1. The van der Waals surface area contributed by atoms with Crippen LogP contribution < -0.4 is 10.6 Å². The predicted molar refractivity (Wildman–Crippen MR) is 142 cm³/mol. The fourth-order valence-electron chi connectivity index (χ4n) is 4.10. The molecule has 0 saturated carbocycles. The normalized spacial score (nSPS) is 30.4. The van der Waals surface area contributed by atoms with E-state index in [9.17, 15) is 30.0 Å². The molecule has 2 bridgehead atoms. The number of aliphatic hydroxyl groups is 3. The van der Waals surface area contributed by atoms with Gasteiger partial charge in [0.25, 0.3) is 0 Å². The summed E-state index contributed by atoms with van der Waals surface area (Å²) in [5.41, 5.74) is 1.96. The summed E-state index contributed by atoms with van der Waals surface area (Å²) in [5, 5.41) is 47.8. The minimum absolute atomic E-state index is 0.0916. The van der Waals surface area contributed by atoms with E-state index in [1.165, 1.54) is 23.9 Å². The number of benzene rings is 1. The average Bonchev–Trinajstić information content (AvgIpc) is 2.83. The largest absolute Gasteiger partial charge is 0.505 e. The van der Waals surface area contributed by atoms with Crippen molar-refractivity contribution in [3.8, 4) is 5.75 Å². The van der Waals surface area contributed by atoms with Crippen molar-refractivity contribution in [1.29, 1.82) is 0 Å². The number of hydrogen-bond acceptors (Lipinski definition) is 7. The third kappa shape index (κ3) is 7.33. The van der Waals surface area contributed by atoms with Gasteiger partial charge in [0.15, 0.2) is 0 Å². The second-order valence-electron chi connectivity index (χ2n) is 9.08. The van der Waals surface area contributed by atoms with E-state index in [4.69, 9.17) is 0 Å². The standard InChI is InChI=1S/C27H34N2O6S/c1-16-9-8-11-19-26(35)20(14-21-27(19)36-15-24(33)29-21)28-23(32)13-18(30)10-6-4-3-5-7-12-22(31)17(2)25(16)34/h3-7,9-10,14,17-18,22,25,30-31,34-35H,8,11-13,15H2,1-2H3,(H,28,32)(H,29,33)/b4-3+,7-5+,10-6+,16-9-/t17-,18-,22-,25-/m0/s1. The molecule has 1 aromatic carbocycles. The molecular weight excluding hydrogens is 480 g/mol. The molecule has 0 saturated heterocycles. The molecule has 2 aliphatic heterocycles. The van der Waals surface area contributed by atoms with Crippen molar-refractivity contribution in [3.63, 3.8) is 0 Å². The van der Waals surface area contributed by atoms with Crippen LogP contribution in [0.4, 0.5) is 11.4 Å².